The highest BCUT2D eigenvalue weighted by atomic mass is 16.5. The van der Waals surface area contributed by atoms with Crippen LogP contribution in [0.1, 0.15) is 124 Å². The van der Waals surface area contributed by atoms with Crippen LogP contribution < -0.4 is 29.2 Å². The largest absolute Gasteiger partial charge is 0.506 e. The van der Waals surface area contributed by atoms with Crippen LogP contribution in [0.4, 0.5) is 16.2 Å². The number of unbranched alkanes of at least 4 members (excludes halogenated alkanes) is 9. The van der Waals surface area contributed by atoms with Gasteiger partial charge in [-0.1, -0.05) is 126 Å². The zero-order chi connectivity index (χ0) is 45.4. The van der Waals surface area contributed by atoms with Crippen molar-refractivity contribution in [2.75, 3.05) is 37.1 Å². The molecule has 0 saturated heterocycles. The van der Waals surface area contributed by atoms with Gasteiger partial charge in [0.05, 0.1) is 42.3 Å². The molecule has 1 aromatic heterocycles. The Morgan fingerprint density at radius 3 is 1.98 bits per heavy atom. The van der Waals surface area contributed by atoms with Crippen LogP contribution in [0.2, 0.25) is 0 Å². The Bertz CT molecular complexity index is 2540. The lowest BCUT2D eigenvalue weighted by atomic mass is 10.0. The lowest BCUT2D eigenvalue weighted by Gasteiger charge is -2.20. The van der Waals surface area contributed by atoms with E-state index >= 15 is 0 Å². The lowest BCUT2D eigenvalue weighted by Crippen LogP contribution is -2.33. The normalized spacial score (nSPS) is 11.1. The zero-order valence-electron chi connectivity index (χ0n) is 37.8. The first-order valence-electron chi connectivity index (χ1n) is 22.7. The maximum Gasteiger partial charge on any atom is 0.350 e. The predicted octanol–water partition coefficient (Wildman–Crippen LogP) is 12.1. The van der Waals surface area contributed by atoms with Crippen molar-refractivity contribution < 1.29 is 38.4 Å². The first-order chi connectivity index (χ1) is 31.1. The van der Waals surface area contributed by atoms with Gasteiger partial charge in [-0.3, -0.25) is 9.69 Å². The number of phenolic OH excluding ortho intramolecular Hbond substituents is 1. The van der Waals surface area contributed by atoms with E-state index in [1.807, 2.05) is 39.0 Å². The molecule has 0 unspecified atom stereocenters. The van der Waals surface area contributed by atoms with Gasteiger partial charge in [-0.2, -0.15) is 4.68 Å². The average molecular weight is 872 g/mol. The van der Waals surface area contributed by atoms with Crippen molar-refractivity contribution in [2.45, 2.75) is 105 Å². The van der Waals surface area contributed by atoms with Gasteiger partial charge in [0.25, 0.3) is 5.91 Å². The molecule has 0 atom stereocenters. The number of hydrogen-bond donors (Lipinski definition) is 2. The lowest BCUT2D eigenvalue weighted by molar-refractivity contribution is 0.0736. The van der Waals surface area contributed by atoms with Crippen LogP contribution in [0.25, 0.3) is 21.8 Å². The van der Waals surface area contributed by atoms with E-state index < -0.39 is 17.9 Å². The molecule has 6 aromatic rings. The van der Waals surface area contributed by atoms with E-state index in [-0.39, 0.29) is 28.3 Å². The number of para-hydroxylation sites is 1. The summed E-state index contributed by atoms with van der Waals surface area (Å²) in [5.41, 5.74) is 2.39. The van der Waals surface area contributed by atoms with Crippen molar-refractivity contribution in [3.05, 3.63) is 102 Å². The third-order valence-corrected chi connectivity index (χ3v) is 11.0. The molecule has 0 radical (unpaired) electrons. The van der Waals surface area contributed by atoms with Gasteiger partial charge >= 0.3 is 12.0 Å². The number of carbonyl (C=O) groups excluding carboxylic acids is 3. The summed E-state index contributed by atoms with van der Waals surface area (Å²) in [5, 5.41) is 23.5. The number of benzene rings is 5. The van der Waals surface area contributed by atoms with Crippen LogP contribution in [-0.2, 0) is 0 Å². The van der Waals surface area contributed by atoms with Gasteiger partial charge in [-0.15, -0.1) is 5.10 Å². The summed E-state index contributed by atoms with van der Waals surface area (Å²) < 4.78 is 25.2. The van der Waals surface area contributed by atoms with E-state index in [1.165, 1.54) is 63.0 Å². The molecule has 0 bridgehead atoms. The van der Waals surface area contributed by atoms with Crippen molar-refractivity contribution in [1.29, 1.82) is 0 Å². The van der Waals surface area contributed by atoms with Gasteiger partial charge < -0.3 is 29.4 Å². The second-order valence-electron chi connectivity index (χ2n) is 16.0. The molecule has 0 aliphatic carbocycles. The number of rotatable bonds is 23. The van der Waals surface area contributed by atoms with E-state index in [4.69, 9.17) is 18.9 Å². The van der Waals surface area contributed by atoms with Crippen LogP contribution in [0.5, 0.6) is 28.7 Å². The molecule has 0 spiro atoms. The maximum absolute atomic E-state index is 14.2. The minimum Gasteiger partial charge on any atom is -0.506 e. The fraction of sp³-hybridized carbons (Fsp3) is 0.392. The van der Waals surface area contributed by atoms with E-state index in [0.29, 0.717) is 64.6 Å². The van der Waals surface area contributed by atoms with E-state index in [0.717, 1.165) is 42.3 Å². The van der Waals surface area contributed by atoms with Crippen molar-refractivity contribution in [3.8, 4) is 28.7 Å². The Hall–Kier alpha value is -6.63. The minimum absolute atomic E-state index is 0.0389. The number of aromatic hydroxyl groups is 1. The molecule has 5 aromatic carbocycles. The molecule has 64 heavy (non-hydrogen) atoms. The van der Waals surface area contributed by atoms with Crippen LogP contribution >= 0.6 is 0 Å². The number of amides is 2. The summed E-state index contributed by atoms with van der Waals surface area (Å²) in [6, 6.07) is 23.0. The monoisotopic (exact) mass is 871 g/mol. The van der Waals surface area contributed by atoms with Crippen molar-refractivity contribution in [2.24, 2.45) is 0 Å². The topological polar surface area (TPSA) is 154 Å². The SMILES string of the molecule is CCCCCCCCCCCCOc1ccc(C)cc1NC(=O)c1cc(OC(=O)c2ccccc2N(C)C(=O)n2nnc3cc(OCCC)c(OCCC)cc32)c2ccccc2c1O. The van der Waals surface area contributed by atoms with Gasteiger partial charge in [0, 0.05) is 30.0 Å². The molecular weight excluding hydrogens is 811 g/mol. The second-order valence-corrected chi connectivity index (χ2v) is 16.0. The molecule has 6 rings (SSSR count). The number of nitrogens with zero attached hydrogens (tertiary/aromatic N) is 4. The third-order valence-electron chi connectivity index (χ3n) is 11.0. The average Bonchev–Trinajstić information content (AvgIpc) is 3.72. The highest BCUT2D eigenvalue weighted by molar-refractivity contribution is 6.12. The Labute approximate surface area is 375 Å². The summed E-state index contributed by atoms with van der Waals surface area (Å²) in [6.07, 6.45) is 13.7. The summed E-state index contributed by atoms with van der Waals surface area (Å²) >= 11 is 0. The van der Waals surface area contributed by atoms with E-state index in [9.17, 15) is 19.5 Å². The van der Waals surface area contributed by atoms with Crippen LogP contribution in [-0.4, -0.2) is 64.9 Å². The molecule has 0 fully saturated rings. The van der Waals surface area contributed by atoms with Crippen LogP contribution in [0.15, 0.2) is 84.9 Å². The fourth-order valence-corrected chi connectivity index (χ4v) is 7.47. The van der Waals surface area contributed by atoms with Crippen molar-refractivity contribution >= 4 is 51.1 Å². The predicted molar refractivity (Wildman–Crippen MR) is 252 cm³/mol. The summed E-state index contributed by atoms with van der Waals surface area (Å²) in [7, 11) is 1.52. The Kier molecular flexibility index (Phi) is 17.0. The van der Waals surface area contributed by atoms with E-state index in [1.54, 1.807) is 60.7 Å². The summed E-state index contributed by atoms with van der Waals surface area (Å²) in [4.78, 5) is 43.6. The number of fused-ring (bicyclic) bond motifs is 2. The highest BCUT2D eigenvalue weighted by Crippen LogP contribution is 2.38. The van der Waals surface area contributed by atoms with Crippen molar-refractivity contribution in [1.82, 2.24) is 15.0 Å². The fourth-order valence-electron chi connectivity index (χ4n) is 7.47. The zero-order valence-corrected chi connectivity index (χ0v) is 37.8. The number of aryl methyl sites for hydroxylation is 1. The molecule has 13 heteroatoms. The van der Waals surface area contributed by atoms with Gasteiger partial charge in [0.1, 0.15) is 28.3 Å². The summed E-state index contributed by atoms with van der Waals surface area (Å²) in [6.45, 7) is 9.59. The molecule has 0 aliphatic heterocycles. The molecule has 2 N–H and O–H groups in total. The molecule has 13 nitrogen and oxygen atoms in total. The molecule has 2 amide bonds. The number of phenols is 1. The molecule has 0 aliphatic rings. The van der Waals surface area contributed by atoms with Gasteiger partial charge in [-0.05, 0) is 62.1 Å². The standard InChI is InChI=1S/C51H61N5O8/c1-6-9-10-11-12-13-14-15-16-21-30-63-44-27-26-35(4)31-41(44)52-49(58)39-32-45(36-22-17-18-23-37(36)48(39)57)64-50(59)38-24-19-20-25-42(38)55(5)51(60)56-43-34-47(62-29-8-3)46(61-28-7-2)33-40(43)53-54-56/h17-20,22-27,31-34,57H,6-16,21,28-30H2,1-5H3,(H,52,58). The Balaban J connectivity index is 1.19. The molecule has 338 valence electrons. The van der Waals surface area contributed by atoms with Gasteiger partial charge in [0.2, 0.25) is 0 Å². The number of nitrogens with one attached hydrogen (secondary N) is 1. The van der Waals surface area contributed by atoms with E-state index in [2.05, 4.69) is 22.6 Å². The molecular formula is C51H61N5O8. The highest BCUT2D eigenvalue weighted by Gasteiger charge is 2.26. The number of hydrogen-bond acceptors (Lipinski definition) is 10. The Morgan fingerprint density at radius 1 is 0.656 bits per heavy atom. The number of ether oxygens (including phenoxy) is 4. The van der Waals surface area contributed by atoms with Crippen LogP contribution in [0.3, 0.4) is 0 Å². The quantitative estimate of drug-likeness (QED) is 0.0361. The number of aromatic nitrogens is 3. The Morgan fingerprint density at radius 2 is 1.28 bits per heavy atom. The van der Waals surface area contributed by atoms with Crippen LogP contribution in [0, 0.1) is 6.92 Å². The number of anilines is 2. The molecule has 0 saturated carbocycles. The third kappa shape index (κ3) is 11.7. The second kappa shape index (κ2) is 23.2. The first-order valence-corrected chi connectivity index (χ1v) is 22.7. The maximum atomic E-state index is 14.2. The number of esters is 1. The number of carbonyl (C=O) groups is 3. The first kappa shape index (κ1) is 46.9. The van der Waals surface area contributed by atoms with Crippen molar-refractivity contribution in [3.63, 3.8) is 0 Å². The summed E-state index contributed by atoms with van der Waals surface area (Å²) in [5.74, 6) is -0.152. The van der Waals surface area contributed by atoms with Gasteiger partial charge in [-0.25, -0.2) is 9.59 Å². The van der Waals surface area contributed by atoms with Gasteiger partial charge in [0.15, 0.2) is 11.5 Å². The minimum atomic E-state index is -0.796. The smallest absolute Gasteiger partial charge is 0.350 e. The molecule has 1 heterocycles.